The quantitative estimate of drug-likeness (QED) is 0.833. The molecule has 2 nitrogen and oxygen atoms in total. The average Bonchev–Trinajstić information content (AvgIpc) is 2.29. The molecule has 0 spiro atoms. The van der Waals surface area contributed by atoms with E-state index in [0.717, 1.165) is 13.0 Å². The van der Waals surface area contributed by atoms with Crippen LogP contribution in [0, 0.1) is 11.7 Å². The third-order valence-corrected chi connectivity index (χ3v) is 3.78. The smallest absolute Gasteiger partial charge is 0.161 e. The summed E-state index contributed by atoms with van der Waals surface area (Å²) in [5, 5.41) is 0. The van der Waals surface area contributed by atoms with Crippen LogP contribution in [-0.2, 0) is 0 Å². The number of nitrogens with two attached hydrogens (primary N) is 1. The Morgan fingerprint density at radius 2 is 2.11 bits per heavy atom. The van der Waals surface area contributed by atoms with Crippen molar-refractivity contribution in [1.29, 1.82) is 0 Å². The average molecular weight is 333 g/mol. The van der Waals surface area contributed by atoms with Gasteiger partial charge in [0.1, 0.15) is 4.99 Å². The highest BCUT2D eigenvalue weighted by Crippen LogP contribution is 2.29. The largest absolute Gasteiger partial charge is 0.389 e. The fourth-order valence-electron chi connectivity index (χ4n) is 1.60. The zero-order valence-corrected chi connectivity index (χ0v) is 13.2. The van der Waals surface area contributed by atoms with E-state index in [9.17, 15) is 4.39 Å². The molecule has 0 aliphatic rings. The lowest BCUT2D eigenvalue weighted by molar-refractivity contribution is 0.573. The summed E-state index contributed by atoms with van der Waals surface area (Å²) in [6, 6.07) is 3.46. The maximum absolute atomic E-state index is 14.2. The third-order valence-electron chi connectivity index (χ3n) is 2.78. The van der Waals surface area contributed by atoms with E-state index in [1.165, 1.54) is 0 Å². The fraction of sp³-hybridized carbons (Fsp3) is 0.462. The van der Waals surface area contributed by atoms with Gasteiger partial charge >= 0.3 is 0 Å². The van der Waals surface area contributed by atoms with Crippen molar-refractivity contribution >= 4 is 38.8 Å². The maximum atomic E-state index is 14.2. The molecule has 0 saturated heterocycles. The Labute approximate surface area is 121 Å². The topological polar surface area (TPSA) is 29.3 Å². The van der Waals surface area contributed by atoms with Gasteiger partial charge in [0.2, 0.25) is 0 Å². The van der Waals surface area contributed by atoms with Gasteiger partial charge in [-0.3, -0.25) is 0 Å². The van der Waals surface area contributed by atoms with Crippen molar-refractivity contribution in [2.24, 2.45) is 11.7 Å². The van der Waals surface area contributed by atoms with Crippen molar-refractivity contribution in [3.8, 4) is 0 Å². The van der Waals surface area contributed by atoms with Crippen molar-refractivity contribution in [3.63, 3.8) is 0 Å². The van der Waals surface area contributed by atoms with E-state index in [-0.39, 0.29) is 10.8 Å². The van der Waals surface area contributed by atoms with Crippen molar-refractivity contribution in [1.82, 2.24) is 0 Å². The van der Waals surface area contributed by atoms with Gasteiger partial charge in [-0.1, -0.05) is 26.1 Å². The molecule has 2 N–H and O–H groups in total. The van der Waals surface area contributed by atoms with E-state index >= 15 is 0 Å². The van der Waals surface area contributed by atoms with Crippen LogP contribution in [-0.4, -0.2) is 18.6 Å². The molecule has 0 saturated carbocycles. The molecule has 0 radical (unpaired) electrons. The predicted octanol–water partition coefficient (Wildman–Crippen LogP) is 3.70. The molecule has 0 aliphatic heterocycles. The number of halogens is 2. The molecular weight excluding hydrogens is 315 g/mol. The number of thiocarbonyl (C=S) groups is 1. The molecule has 1 aromatic rings. The van der Waals surface area contributed by atoms with Crippen LogP contribution in [0.5, 0.6) is 0 Å². The Kier molecular flexibility index (Phi) is 5.53. The summed E-state index contributed by atoms with van der Waals surface area (Å²) < 4.78 is 14.5. The van der Waals surface area contributed by atoms with E-state index in [0.29, 0.717) is 21.6 Å². The minimum Gasteiger partial charge on any atom is -0.389 e. The van der Waals surface area contributed by atoms with Gasteiger partial charge in [-0.15, -0.1) is 0 Å². The minimum absolute atomic E-state index is 0.192. The zero-order chi connectivity index (χ0) is 13.9. The number of hydrogen-bond donors (Lipinski definition) is 1. The summed E-state index contributed by atoms with van der Waals surface area (Å²) in [5.74, 6) is 0.279. The van der Waals surface area contributed by atoms with Gasteiger partial charge in [0.25, 0.3) is 0 Å². The van der Waals surface area contributed by atoms with E-state index < -0.39 is 0 Å². The van der Waals surface area contributed by atoms with Crippen LogP contribution in [0.4, 0.5) is 10.1 Å². The summed E-state index contributed by atoms with van der Waals surface area (Å²) in [5.41, 5.74) is 6.62. The van der Waals surface area contributed by atoms with E-state index in [1.807, 2.05) is 11.9 Å². The second-order valence-corrected chi connectivity index (χ2v) is 5.96. The molecule has 0 heterocycles. The number of benzene rings is 1. The SMILES string of the molecule is CC(C)CCN(C)c1ccc(C(N)=S)c(Br)c1F. The second-order valence-electron chi connectivity index (χ2n) is 4.73. The molecule has 0 amide bonds. The molecule has 1 aromatic carbocycles. The zero-order valence-electron chi connectivity index (χ0n) is 10.8. The monoisotopic (exact) mass is 332 g/mol. The Morgan fingerprint density at radius 1 is 1.50 bits per heavy atom. The van der Waals surface area contributed by atoms with Crippen LogP contribution in [0.1, 0.15) is 25.8 Å². The summed E-state index contributed by atoms with van der Waals surface area (Å²) in [4.78, 5) is 2.10. The summed E-state index contributed by atoms with van der Waals surface area (Å²) in [6.07, 6.45) is 1.02. The lowest BCUT2D eigenvalue weighted by Crippen LogP contribution is -2.22. The number of anilines is 1. The molecule has 1 rings (SSSR count). The molecular formula is C13H18BrFN2S. The van der Waals surface area contributed by atoms with Crippen molar-refractivity contribution in [2.45, 2.75) is 20.3 Å². The summed E-state index contributed by atoms with van der Waals surface area (Å²) in [6.45, 7) is 5.11. The molecule has 0 aromatic heterocycles. The fourth-order valence-corrected chi connectivity index (χ4v) is 2.45. The van der Waals surface area contributed by atoms with Gasteiger partial charge in [-0.2, -0.15) is 0 Å². The second kappa shape index (κ2) is 6.48. The van der Waals surface area contributed by atoms with E-state index in [1.54, 1.807) is 12.1 Å². The van der Waals surface area contributed by atoms with Crippen molar-refractivity contribution < 1.29 is 4.39 Å². The van der Waals surface area contributed by atoms with Crippen LogP contribution in [0.25, 0.3) is 0 Å². The van der Waals surface area contributed by atoms with Crippen LogP contribution in [0.3, 0.4) is 0 Å². The highest BCUT2D eigenvalue weighted by Gasteiger charge is 2.15. The van der Waals surface area contributed by atoms with E-state index in [4.69, 9.17) is 18.0 Å². The van der Waals surface area contributed by atoms with Gasteiger partial charge in [-0.05, 0) is 40.4 Å². The normalized spacial score (nSPS) is 10.8. The van der Waals surface area contributed by atoms with Gasteiger partial charge in [0.05, 0.1) is 10.2 Å². The molecule has 5 heteroatoms. The number of nitrogens with zero attached hydrogens (tertiary/aromatic N) is 1. The lowest BCUT2D eigenvalue weighted by Gasteiger charge is -2.22. The highest BCUT2D eigenvalue weighted by molar-refractivity contribution is 9.10. The summed E-state index contributed by atoms with van der Waals surface area (Å²) >= 11 is 8.08. The number of hydrogen-bond acceptors (Lipinski definition) is 2. The van der Waals surface area contributed by atoms with Crippen molar-refractivity contribution in [2.75, 3.05) is 18.5 Å². The predicted molar refractivity (Wildman–Crippen MR) is 82.7 cm³/mol. The molecule has 0 unspecified atom stereocenters. The third kappa shape index (κ3) is 3.65. The van der Waals surface area contributed by atoms with Crippen LogP contribution in [0.15, 0.2) is 16.6 Å². The first kappa shape index (κ1) is 15.4. The summed E-state index contributed by atoms with van der Waals surface area (Å²) in [7, 11) is 1.88. The van der Waals surface area contributed by atoms with Crippen LogP contribution >= 0.6 is 28.1 Å². The Balaban J connectivity index is 2.97. The van der Waals surface area contributed by atoms with Gasteiger partial charge in [-0.25, -0.2) is 4.39 Å². The van der Waals surface area contributed by atoms with Crippen LogP contribution in [0.2, 0.25) is 0 Å². The molecule has 0 bridgehead atoms. The Bertz CT molecular complexity index is 449. The van der Waals surface area contributed by atoms with E-state index in [2.05, 4.69) is 29.8 Å². The molecule has 100 valence electrons. The highest BCUT2D eigenvalue weighted by atomic mass is 79.9. The van der Waals surface area contributed by atoms with Gasteiger partial charge in [0, 0.05) is 19.2 Å². The maximum Gasteiger partial charge on any atom is 0.161 e. The Morgan fingerprint density at radius 3 is 2.61 bits per heavy atom. The molecule has 0 fully saturated rings. The molecule has 0 aliphatic carbocycles. The Hall–Kier alpha value is -0.680. The van der Waals surface area contributed by atoms with Gasteiger partial charge < -0.3 is 10.6 Å². The van der Waals surface area contributed by atoms with Gasteiger partial charge in [0.15, 0.2) is 5.82 Å². The van der Waals surface area contributed by atoms with Crippen molar-refractivity contribution in [3.05, 3.63) is 28.0 Å². The molecule has 0 atom stereocenters. The first-order chi connectivity index (χ1) is 8.34. The standard InChI is InChI=1S/C13H18BrFN2S/c1-8(2)6-7-17(3)10-5-4-9(13(16)18)11(14)12(10)15/h4-5,8H,6-7H2,1-3H3,(H2,16,18). The van der Waals surface area contributed by atoms with Crippen LogP contribution < -0.4 is 10.6 Å². The number of rotatable bonds is 5. The first-order valence-electron chi connectivity index (χ1n) is 5.83. The molecule has 18 heavy (non-hydrogen) atoms. The minimum atomic E-state index is -0.313. The lowest BCUT2D eigenvalue weighted by atomic mass is 10.1. The first-order valence-corrected chi connectivity index (χ1v) is 7.03.